The third kappa shape index (κ3) is 5.78. The zero-order valence-corrected chi connectivity index (χ0v) is 28.2. The lowest BCUT2D eigenvalue weighted by Crippen LogP contribution is -2.44. The van der Waals surface area contributed by atoms with Gasteiger partial charge in [-0.25, -0.2) is 0 Å². The second-order valence-corrected chi connectivity index (χ2v) is 15.3. The largest absolute Gasteiger partial charge is 0.494 e. The van der Waals surface area contributed by atoms with Crippen LogP contribution in [0, 0.1) is 11.3 Å². The number of aryl methyl sites for hydroxylation is 1. The molecule has 2 aromatic carbocycles. The van der Waals surface area contributed by atoms with Crippen LogP contribution in [0.2, 0.25) is 0 Å². The molecule has 0 saturated carbocycles. The Balaban J connectivity index is 1.34. The quantitative estimate of drug-likeness (QED) is 0.193. The Morgan fingerprint density at radius 2 is 1.81 bits per heavy atom. The maximum atomic E-state index is 13.6. The minimum Gasteiger partial charge on any atom is -0.494 e. The van der Waals surface area contributed by atoms with Crippen molar-refractivity contribution in [2.24, 2.45) is 7.05 Å². The van der Waals surface area contributed by atoms with Crippen LogP contribution in [-0.4, -0.2) is 93.3 Å². The molecular weight excluding hydrogens is 627 g/mol. The second kappa shape index (κ2) is 12.3. The van der Waals surface area contributed by atoms with E-state index in [1.54, 1.807) is 43.7 Å². The number of rotatable bonds is 8. The Bertz CT molecular complexity index is 2260. The summed E-state index contributed by atoms with van der Waals surface area (Å²) in [7, 11) is 2.81. The van der Waals surface area contributed by atoms with Crippen LogP contribution in [0.3, 0.4) is 0 Å². The number of nitrogens with one attached hydrogen (secondary N) is 3. The van der Waals surface area contributed by atoms with Gasteiger partial charge >= 0.3 is 0 Å². The molecule has 0 amide bonds. The van der Waals surface area contributed by atoms with Gasteiger partial charge in [-0.15, -0.1) is 0 Å². The van der Waals surface area contributed by atoms with E-state index in [2.05, 4.69) is 53.6 Å². The van der Waals surface area contributed by atoms with Gasteiger partial charge in [0.2, 0.25) is 5.95 Å². The van der Waals surface area contributed by atoms with E-state index in [0.717, 1.165) is 43.0 Å². The SMILES string of the molecule is COc1cc(N2CCN(C)CC2)c(-c2cnn(C)c2)cc1Nc1nc(Nc2ccc3nccnc3c2P(C)(C)=O)c2c(C#N)c[nH]c2n1. The van der Waals surface area contributed by atoms with Gasteiger partial charge in [-0.2, -0.15) is 20.3 Å². The van der Waals surface area contributed by atoms with Crippen molar-refractivity contribution in [2.75, 3.05) is 69.2 Å². The Morgan fingerprint density at radius 1 is 1.02 bits per heavy atom. The third-order valence-electron chi connectivity index (χ3n) is 8.48. The van der Waals surface area contributed by atoms with Crippen LogP contribution < -0.4 is 25.6 Å². The summed E-state index contributed by atoms with van der Waals surface area (Å²) in [6.45, 7) is 7.06. The molecular formula is C33H35N12O2P. The van der Waals surface area contributed by atoms with Gasteiger partial charge in [-0.1, -0.05) is 0 Å². The number of nitriles is 1. The van der Waals surface area contributed by atoms with Crippen LogP contribution in [-0.2, 0) is 11.6 Å². The van der Waals surface area contributed by atoms with Gasteiger partial charge in [0.25, 0.3) is 0 Å². The summed E-state index contributed by atoms with van der Waals surface area (Å²) >= 11 is 0. The molecule has 1 aliphatic heterocycles. The van der Waals surface area contributed by atoms with E-state index in [9.17, 15) is 9.83 Å². The first-order valence-corrected chi connectivity index (χ1v) is 18.0. The lowest BCUT2D eigenvalue weighted by atomic mass is 10.0. The standard InChI is InChI=1S/C33H35N12O2P/c1-43-10-12-45(13-11-43)26-15-27(47-3)25(14-22(26)21-18-38-44(2)19-21)40-33-41-31-28(20(16-34)17-37-31)32(42-33)39-24-7-6-23-29(36-9-8-35-23)30(24)48(4,5)46/h6-9,14-15,17-19H,10-13H2,1-5H3,(H3,37,39,40,41,42). The Hall–Kier alpha value is -5.51. The summed E-state index contributed by atoms with van der Waals surface area (Å²) in [5.41, 5.74) is 6.21. The summed E-state index contributed by atoms with van der Waals surface area (Å²) in [5.74, 6) is 1.24. The number of piperazine rings is 1. The molecule has 244 valence electrons. The fourth-order valence-corrected chi connectivity index (χ4v) is 7.51. The molecule has 4 aromatic heterocycles. The van der Waals surface area contributed by atoms with Crippen molar-refractivity contribution >= 4 is 63.3 Å². The minimum atomic E-state index is -2.86. The predicted molar refractivity (Wildman–Crippen MR) is 189 cm³/mol. The number of ether oxygens (including phenoxy) is 1. The van der Waals surface area contributed by atoms with E-state index >= 15 is 0 Å². The number of benzene rings is 2. The lowest BCUT2D eigenvalue weighted by Gasteiger charge is -2.35. The van der Waals surface area contributed by atoms with Gasteiger partial charge in [-0.05, 0) is 38.6 Å². The van der Waals surface area contributed by atoms with Crippen molar-refractivity contribution in [3.05, 3.63) is 60.8 Å². The minimum absolute atomic E-state index is 0.262. The number of methoxy groups -OCH3 is 1. The monoisotopic (exact) mass is 662 g/mol. The first kappa shape index (κ1) is 31.1. The van der Waals surface area contributed by atoms with Gasteiger partial charge in [0.1, 0.15) is 35.9 Å². The van der Waals surface area contributed by atoms with Crippen molar-refractivity contribution < 1.29 is 9.30 Å². The average molecular weight is 663 g/mol. The number of hydrogen-bond acceptors (Lipinski definition) is 12. The summed E-state index contributed by atoms with van der Waals surface area (Å²) in [6, 6.07) is 9.92. The molecule has 6 aromatic rings. The average Bonchev–Trinajstić information content (AvgIpc) is 3.70. The zero-order chi connectivity index (χ0) is 33.6. The molecule has 0 spiro atoms. The molecule has 14 nitrogen and oxygen atoms in total. The number of anilines is 5. The first-order valence-electron chi connectivity index (χ1n) is 15.4. The summed E-state index contributed by atoms with van der Waals surface area (Å²) in [6.07, 6.45) is 8.62. The van der Waals surface area contributed by atoms with Crippen LogP contribution in [0.15, 0.2) is 55.2 Å². The highest BCUT2D eigenvalue weighted by atomic mass is 31.2. The summed E-state index contributed by atoms with van der Waals surface area (Å²) in [4.78, 5) is 26.3. The van der Waals surface area contributed by atoms with E-state index in [1.165, 1.54) is 0 Å². The molecule has 48 heavy (non-hydrogen) atoms. The number of aromatic nitrogens is 7. The number of nitrogens with zero attached hydrogens (tertiary/aromatic N) is 9. The molecule has 1 fully saturated rings. The maximum Gasteiger partial charge on any atom is 0.231 e. The van der Waals surface area contributed by atoms with Crippen LogP contribution in [0.25, 0.3) is 33.2 Å². The molecule has 0 aliphatic carbocycles. The van der Waals surface area contributed by atoms with Gasteiger partial charge in [-0.3, -0.25) is 14.6 Å². The molecule has 0 bridgehead atoms. The molecule has 7 rings (SSSR count). The van der Waals surface area contributed by atoms with E-state index < -0.39 is 7.14 Å². The number of hydrogen-bond donors (Lipinski definition) is 3. The third-order valence-corrected chi connectivity index (χ3v) is 10.0. The molecule has 1 saturated heterocycles. The topological polar surface area (TPSA) is 166 Å². The van der Waals surface area contributed by atoms with Gasteiger partial charge in [0.15, 0.2) is 0 Å². The summed E-state index contributed by atoms with van der Waals surface area (Å²) in [5, 5.41) is 22.2. The normalized spacial score (nSPS) is 14.0. The number of H-pyrrole nitrogens is 1. The van der Waals surface area contributed by atoms with Crippen molar-refractivity contribution in [3.63, 3.8) is 0 Å². The van der Waals surface area contributed by atoms with Gasteiger partial charge < -0.3 is 34.7 Å². The van der Waals surface area contributed by atoms with Crippen molar-refractivity contribution in [2.45, 2.75) is 0 Å². The molecule has 0 atom stereocenters. The van der Waals surface area contributed by atoms with Crippen LogP contribution in [0.1, 0.15) is 5.56 Å². The smallest absolute Gasteiger partial charge is 0.231 e. The highest BCUT2D eigenvalue weighted by Gasteiger charge is 2.25. The van der Waals surface area contributed by atoms with Crippen molar-refractivity contribution in [1.29, 1.82) is 5.26 Å². The second-order valence-electron chi connectivity index (χ2n) is 12.2. The lowest BCUT2D eigenvalue weighted by molar-refractivity contribution is 0.313. The van der Waals surface area contributed by atoms with E-state index in [-0.39, 0.29) is 5.95 Å². The van der Waals surface area contributed by atoms with Gasteiger partial charge in [0.05, 0.1) is 46.5 Å². The van der Waals surface area contributed by atoms with Crippen LogP contribution in [0.5, 0.6) is 5.75 Å². The van der Waals surface area contributed by atoms with Crippen LogP contribution in [0.4, 0.5) is 28.8 Å². The van der Waals surface area contributed by atoms with E-state index in [4.69, 9.17) is 14.7 Å². The number of likely N-dealkylation sites (N-methyl/N-ethyl adjacent to an activating group) is 1. The van der Waals surface area contributed by atoms with Crippen molar-refractivity contribution in [3.8, 4) is 22.9 Å². The summed E-state index contributed by atoms with van der Waals surface area (Å²) < 4.78 is 21.3. The fourth-order valence-electron chi connectivity index (χ4n) is 6.12. The molecule has 15 heteroatoms. The predicted octanol–water partition coefficient (Wildman–Crippen LogP) is 4.67. The highest BCUT2D eigenvalue weighted by molar-refractivity contribution is 7.71. The van der Waals surface area contributed by atoms with E-state index in [1.807, 2.05) is 43.7 Å². The molecule has 0 unspecified atom stereocenters. The maximum absolute atomic E-state index is 13.6. The molecule has 5 heterocycles. The fraction of sp³-hybridized carbons (Fsp3) is 0.273. The molecule has 0 radical (unpaired) electrons. The Kier molecular flexibility index (Phi) is 7.94. The Labute approximate surface area is 277 Å². The molecule has 1 aliphatic rings. The highest BCUT2D eigenvalue weighted by Crippen LogP contribution is 2.43. The Morgan fingerprint density at radius 3 is 2.52 bits per heavy atom. The first-order chi connectivity index (χ1) is 23.1. The molecule has 3 N–H and O–H groups in total. The zero-order valence-electron chi connectivity index (χ0n) is 27.3. The number of aromatic amines is 1. The van der Waals surface area contributed by atoms with E-state index in [0.29, 0.717) is 55.9 Å². The van der Waals surface area contributed by atoms with Crippen LogP contribution >= 0.6 is 7.14 Å². The number of fused-ring (bicyclic) bond motifs is 2. The van der Waals surface area contributed by atoms with Gasteiger partial charge in [0, 0.05) is 80.9 Å². The van der Waals surface area contributed by atoms with Crippen molar-refractivity contribution in [1.82, 2.24) is 39.6 Å².